The van der Waals surface area contributed by atoms with Crippen molar-refractivity contribution in [2.75, 3.05) is 0 Å². The number of aryl methyl sites for hydroxylation is 2. The van der Waals surface area contributed by atoms with Crippen molar-refractivity contribution in [3.8, 4) is 10.6 Å². The summed E-state index contributed by atoms with van der Waals surface area (Å²) in [6, 6.07) is 11.6. The second-order valence-electron chi connectivity index (χ2n) is 6.65. The van der Waals surface area contributed by atoms with E-state index in [0.29, 0.717) is 10.7 Å². The van der Waals surface area contributed by atoms with Gasteiger partial charge < -0.3 is 9.15 Å². The molecule has 2 heterocycles. The van der Waals surface area contributed by atoms with Crippen LogP contribution >= 0.6 is 22.9 Å². The van der Waals surface area contributed by atoms with Gasteiger partial charge in [0.05, 0.1) is 23.4 Å². The van der Waals surface area contributed by atoms with Crippen molar-refractivity contribution in [3.63, 3.8) is 0 Å². The number of rotatable bonds is 5. The van der Waals surface area contributed by atoms with Gasteiger partial charge >= 0.3 is 5.97 Å². The number of nitrogens with zero attached hydrogens (tertiary/aromatic N) is 1. The lowest BCUT2D eigenvalue weighted by Gasteiger charge is -2.03. The molecule has 0 fully saturated rings. The summed E-state index contributed by atoms with van der Waals surface area (Å²) in [5.74, 6) is -0.312. The third kappa shape index (κ3) is 3.81. The molecule has 2 aromatic heterocycles. The summed E-state index contributed by atoms with van der Waals surface area (Å²) >= 11 is 7.69. The maximum atomic E-state index is 12.3. The van der Waals surface area contributed by atoms with Crippen LogP contribution in [0.25, 0.3) is 21.5 Å². The van der Waals surface area contributed by atoms with Gasteiger partial charge in [0.1, 0.15) is 17.2 Å². The lowest BCUT2D eigenvalue weighted by Crippen LogP contribution is -2.08. The monoisotopic (exact) mass is 411 g/mol. The van der Waals surface area contributed by atoms with Crippen LogP contribution in [-0.2, 0) is 22.6 Å². The lowest BCUT2D eigenvalue weighted by molar-refractivity contribution is -0.144. The molecule has 4 nitrogen and oxygen atoms in total. The van der Waals surface area contributed by atoms with Gasteiger partial charge in [0.15, 0.2) is 0 Å². The first-order valence-electron chi connectivity index (χ1n) is 8.83. The number of ether oxygens (including phenoxy) is 1. The minimum atomic E-state index is -0.312. The number of hydrogen-bond donors (Lipinski definition) is 0. The SMILES string of the molecule is Cc1cc2occ(CC(=O)OCc3csc(-c4ccccc4Cl)n3)c2cc1C. The van der Waals surface area contributed by atoms with E-state index in [1.54, 1.807) is 6.26 Å². The van der Waals surface area contributed by atoms with Crippen LogP contribution in [0.3, 0.4) is 0 Å². The van der Waals surface area contributed by atoms with E-state index in [9.17, 15) is 4.79 Å². The first kappa shape index (κ1) is 18.7. The molecule has 0 aliphatic heterocycles. The summed E-state index contributed by atoms with van der Waals surface area (Å²) in [4.78, 5) is 16.8. The Hall–Kier alpha value is -2.63. The Morgan fingerprint density at radius 1 is 1.21 bits per heavy atom. The van der Waals surface area contributed by atoms with Crippen LogP contribution in [0.5, 0.6) is 0 Å². The molecule has 0 aliphatic carbocycles. The van der Waals surface area contributed by atoms with Crippen LogP contribution in [0.4, 0.5) is 0 Å². The fourth-order valence-electron chi connectivity index (χ4n) is 2.97. The van der Waals surface area contributed by atoms with E-state index in [0.717, 1.165) is 38.2 Å². The Morgan fingerprint density at radius 2 is 2.00 bits per heavy atom. The number of halogens is 1. The lowest BCUT2D eigenvalue weighted by atomic mass is 10.0. The molecule has 0 bridgehead atoms. The maximum absolute atomic E-state index is 12.3. The molecule has 0 amide bonds. The first-order valence-corrected chi connectivity index (χ1v) is 10.1. The van der Waals surface area contributed by atoms with E-state index in [2.05, 4.69) is 4.98 Å². The molecule has 0 unspecified atom stereocenters. The molecule has 0 aliphatic rings. The molecule has 0 saturated carbocycles. The van der Waals surface area contributed by atoms with Crippen molar-refractivity contribution in [2.24, 2.45) is 0 Å². The Bertz CT molecular complexity index is 1160. The van der Waals surface area contributed by atoms with E-state index in [4.69, 9.17) is 20.8 Å². The van der Waals surface area contributed by atoms with Gasteiger partial charge in [0.25, 0.3) is 0 Å². The average Bonchev–Trinajstić information content (AvgIpc) is 3.29. The highest BCUT2D eigenvalue weighted by Gasteiger charge is 2.14. The molecule has 6 heteroatoms. The van der Waals surface area contributed by atoms with Gasteiger partial charge in [-0.25, -0.2) is 4.98 Å². The minimum Gasteiger partial charge on any atom is -0.464 e. The summed E-state index contributed by atoms with van der Waals surface area (Å²) in [7, 11) is 0. The fraction of sp³-hybridized carbons (Fsp3) is 0.182. The summed E-state index contributed by atoms with van der Waals surface area (Å²) in [5.41, 5.74) is 5.53. The predicted molar refractivity (Wildman–Crippen MR) is 112 cm³/mol. The molecule has 0 radical (unpaired) electrons. The van der Waals surface area contributed by atoms with Gasteiger partial charge in [-0.2, -0.15) is 0 Å². The second kappa shape index (κ2) is 7.78. The van der Waals surface area contributed by atoms with Gasteiger partial charge in [0, 0.05) is 21.9 Å². The zero-order chi connectivity index (χ0) is 19.7. The van der Waals surface area contributed by atoms with Crippen molar-refractivity contribution >= 4 is 39.9 Å². The number of carbonyl (C=O) groups is 1. The van der Waals surface area contributed by atoms with Gasteiger partial charge in [0.2, 0.25) is 0 Å². The summed E-state index contributed by atoms with van der Waals surface area (Å²) in [6.45, 7) is 4.21. The van der Waals surface area contributed by atoms with Crippen molar-refractivity contribution in [3.05, 3.63) is 75.4 Å². The molecular formula is C22H18ClNO3S. The number of furan rings is 1. The zero-order valence-electron chi connectivity index (χ0n) is 15.5. The Balaban J connectivity index is 1.42. The quantitative estimate of drug-likeness (QED) is 0.371. The smallest absolute Gasteiger partial charge is 0.310 e. The van der Waals surface area contributed by atoms with Crippen LogP contribution in [-0.4, -0.2) is 11.0 Å². The van der Waals surface area contributed by atoms with Gasteiger partial charge in [-0.05, 0) is 43.2 Å². The van der Waals surface area contributed by atoms with Crippen molar-refractivity contribution in [1.82, 2.24) is 4.98 Å². The van der Waals surface area contributed by atoms with Crippen molar-refractivity contribution in [1.29, 1.82) is 0 Å². The number of thiazole rings is 1. The molecule has 4 aromatic rings. The average molecular weight is 412 g/mol. The second-order valence-corrected chi connectivity index (χ2v) is 7.92. The molecule has 0 spiro atoms. The molecule has 142 valence electrons. The topological polar surface area (TPSA) is 52.3 Å². The maximum Gasteiger partial charge on any atom is 0.310 e. The van der Waals surface area contributed by atoms with Crippen molar-refractivity contribution < 1.29 is 13.9 Å². The van der Waals surface area contributed by atoms with Gasteiger partial charge in [-0.15, -0.1) is 11.3 Å². The summed E-state index contributed by atoms with van der Waals surface area (Å²) < 4.78 is 11.0. The van der Waals surface area contributed by atoms with E-state index in [1.165, 1.54) is 11.3 Å². The molecule has 2 aromatic carbocycles. The number of fused-ring (bicyclic) bond motifs is 1. The van der Waals surface area contributed by atoms with E-state index in [1.807, 2.05) is 55.6 Å². The number of esters is 1. The van der Waals surface area contributed by atoms with Gasteiger partial charge in [-0.1, -0.05) is 29.8 Å². The first-order chi connectivity index (χ1) is 13.5. The summed E-state index contributed by atoms with van der Waals surface area (Å²) in [5, 5.41) is 4.29. The number of carbonyl (C=O) groups excluding carboxylic acids is 1. The standard InChI is InChI=1S/C22H18ClNO3S/c1-13-7-18-15(10-26-20(18)8-14(13)2)9-21(25)27-11-16-12-28-22(24-16)17-5-3-4-6-19(17)23/h3-8,10,12H,9,11H2,1-2H3. The molecular weight excluding hydrogens is 394 g/mol. The Kier molecular flexibility index (Phi) is 5.20. The van der Waals surface area contributed by atoms with Crippen molar-refractivity contribution in [2.45, 2.75) is 26.9 Å². The Labute approximate surface area is 171 Å². The van der Waals surface area contributed by atoms with Crippen LogP contribution in [0.15, 0.2) is 52.5 Å². The third-order valence-electron chi connectivity index (χ3n) is 4.64. The van der Waals surface area contributed by atoms with Crippen LogP contribution in [0, 0.1) is 13.8 Å². The Morgan fingerprint density at radius 3 is 2.82 bits per heavy atom. The highest BCUT2D eigenvalue weighted by molar-refractivity contribution is 7.13. The fourth-order valence-corrected chi connectivity index (χ4v) is 4.09. The van der Waals surface area contributed by atoms with E-state index >= 15 is 0 Å². The molecule has 4 rings (SSSR count). The largest absolute Gasteiger partial charge is 0.464 e. The molecule has 0 atom stereocenters. The van der Waals surface area contributed by atoms with E-state index < -0.39 is 0 Å². The number of hydrogen-bond acceptors (Lipinski definition) is 5. The van der Waals surface area contributed by atoms with E-state index in [-0.39, 0.29) is 19.0 Å². The van der Waals surface area contributed by atoms with Crippen LogP contribution in [0.2, 0.25) is 5.02 Å². The highest BCUT2D eigenvalue weighted by atomic mass is 35.5. The number of benzene rings is 2. The predicted octanol–water partition coefficient (Wildman–Crippen LogP) is 6.11. The zero-order valence-corrected chi connectivity index (χ0v) is 17.1. The van der Waals surface area contributed by atoms with Gasteiger partial charge in [-0.3, -0.25) is 4.79 Å². The molecule has 0 N–H and O–H groups in total. The van der Waals surface area contributed by atoms with Crippen LogP contribution in [0.1, 0.15) is 22.4 Å². The highest BCUT2D eigenvalue weighted by Crippen LogP contribution is 2.30. The number of aromatic nitrogens is 1. The normalized spacial score (nSPS) is 11.1. The van der Waals surface area contributed by atoms with Crippen LogP contribution < -0.4 is 0 Å². The minimum absolute atomic E-state index is 0.133. The summed E-state index contributed by atoms with van der Waals surface area (Å²) in [6.07, 6.45) is 1.79. The molecule has 28 heavy (non-hydrogen) atoms. The molecule has 0 saturated heterocycles. The third-order valence-corrected chi connectivity index (χ3v) is 5.90.